The molecular formula is C17H21NO4. The summed E-state index contributed by atoms with van der Waals surface area (Å²) >= 11 is 0. The Balaban J connectivity index is 2.03. The number of aromatic nitrogens is 1. The SMILES string of the molecule is CCOC(=O)C[C@@H]1OCCc2c1[nH]c1c(CC)cc(O)cc21. The summed E-state index contributed by atoms with van der Waals surface area (Å²) in [6, 6.07) is 3.57. The van der Waals surface area contributed by atoms with E-state index in [1.54, 1.807) is 19.1 Å². The van der Waals surface area contributed by atoms with Crippen LogP contribution in [0.1, 0.15) is 43.2 Å². The number of aromatic hydroxyl groups is 1. The number of fused-ring (bicyclic) bond motifs is 3. The first-order valence-corrected chi connectivity index (χ1v) is 7.77. The minimum absolute atomic E-state index is 0.209. The lowest BCUT2D eigenvalue weighted by molar-refractivity contribution is -0.146. The zero-order valence-electron chi connectivity index (χ0n) is 12.9. The molecule has 0 fully saturated rings. The third-order valence-corrected chi connectivity index (χ3v) is 4.15. The van der Waals surface area contributed by atoms with Gasteiger partial charge in [0.25, 0.3) is 0 Å². The molecule has 0 bridgehead atoms. The largest absolute Gasteiger partial charge is 0.508 e. The molecule has 3 rings (SSSR count). The molecule has 1 atom stereocenters. The predicted octanol–water partition coefficient (Wildman–Crippen LogP) is 3.00. The van der Waals surface area contributed by atoms with E-state index >= 15 is 0 Å². The Bertz CT molecular complexity index is 704. The minimum Gasteiger partial charge on any atom is -0.508 e. The van der Waals surface area contributed by atoms with E-state index in [9.17, 15) is 9.90 Å². The number of hydrogen-bond acceptors (Lipinski definition) is 4. The van der Waals surface area contributed by atoms with Gasteiger partial charge in [0.05, 0.1) is 19.6 Å². The standard InChI is InChI=1S/C17H21NO4/c1-3-10-7-11(19)8-13-12-5-6-22-14(9-15(20)21-4-2)17(12)18-16(10)13/h7-8,14,18-19H,3-6,9H2,1-2H3/t14-/m0/s1. The van der Waals surface area contributed by atoms with Crippen LogP contribution in [0.25, 0.3) is 10.9 Å². The Kier molecular flexibility index (Phi) is 4.07. The lowest BCUT2D eigenvalue weighted by atomic mass is 9.99. The van der Waals surface area contributed by atoms with E-state index in [0.717, 1.165) is 40.6 Å². The summed E-state index contributed by atoms with van der Waals surface area (Å²) in [4.78, 5) is 15.2. The van der Waals surface area contributed by atoms with E-state index in [1.165, 1.54) is 0 Å². The fourth-order valence-electron chi connectivity index (χ4n) is 3.17. The summed E-state index contributed by atoms with van der Waals surface area (Å²) in [6.45, 7) is 4.80. The smallest absolute Gasteiger partial charge is 0.308 e. The van der Waals surface area contributed by atoms with Crippen molar-refractivity contribution >= 4 is 16.9 Å². The molecule has 22 heavy (non-hydrogen) atoms. The van der Waals surface area contributed by atoms with Crippen LogP contribution in [0.3, 0.4) is 0 Å². The topological polar surface area (TPSA) is 71.5 Å². The van der Waals surface area contributed by atoms with Gasteiger partial charge in [-0.1, -0.05) is 6.92 Å². The third-order valence-electron chi connectivity index (χ3n) is 4.15. The number of esters is 1. The van der Waals surface area contributed by atoms with Crippen molar-refractivity contribution in [3.63, 3.8) is 0 Å². The lowest BCUT2D eigenvalue weighted by Crippen LogP contribution is -2.19. The zero-order valence-corrected chi connectivity index (χ0v) is 12.9. The molecule has 2 aromatic rings. The molecule has 0 unspecified atom stereocenters. The lowest BCUT2D eigenvalue weighted by Gasteiger charge is -2.22. The summed E-state index contributed by atoms with van der Waals surface area (Å²) < 4.78 is 10.8. The van der Waals surface area contributed by atoms with E-state index in [4.69, 9.17) is 9.47 Å². The molecule has 0 amide bonds. The number of phenolic OH excluding ortho intramolecular Hbond substituents is 1. The van der Waals surface area contributed by atoms with Gasteiger partial charge in [0.2, 0.25) is 0 Å². The van der Waals surface area contributed by atoms with Crippen molar-refractivity contribution in [2.45, 2.75) is 39.2 Å². The highest BCUT2D eigenvalue weighted by Crippen LogP contribution is 2.37. The Morgan fingerprint density at radius 2 is 2.27 bits per heavy atom. The number of aryl methyl sites for hydroxylation is 1. The van der Waals surface area contributed by atoms with E-state index in [0.29, 0.717) is 13.2 Å². The quantitative estimate of drug-likeness (QED) is 0.852. The van der Waals surface area contributed by atoms with Crippen molar-refractivity contribution in [2.24, 2.45) is 0 Å². The molecule has 0 radical (unpaired) electrons. The average Bonchev–Trinajstić information content (AvgIpc) is 2.86. The average molecular weight is 303 g/mol. The van der Waals surface area contributed by atoms with Gasteiger partial charge in [-0.3, -0.25) is 4.79 Å². The highest BCUT2D eigenvalue weighted by Gasteiger charge is 2.28. The van der Waals surface area contributed by atoms with Crippen molar-refractivity contribution in [1.82, 2.24) is 4.98 Å². The summed E-state index contributed by atoms with van der Waals surface area (Å²) in [5, 5.41) is 11.0. The van der Waals surface area contributed by atoms with Crippen molar-refractivity contribution in [3.05, 3.63) is 29.0 Å². The van der Waals surface area contributed by atoms with E-state index < -0.39 is 0 Å². The van der Waals surface area contributed by atoms with Crippen LogP contribution in [0, 0.1) is 0 Å². The van der Waals surface area contributed by atoms with Crippen molar-refractivity contribution < 1.29 is 19.4 Å². The number of hydrogen-bond donors (Lipinski definition) is 2. The van der Waals surface area contributed by atoms with Crippen LogP contribution in [-0.2, 0) is 27.1 Å². The number of nitrogens with one attached hydrogen (secondary N) is 1. The fourth-order valence-corrected chi connectivity index (χ4v) is 3.17. The molecule has 0 aliphatic carbocycles. The minimum atomic E-state index is -0.304. The number of benzene rings is 1. The van der Waals surface area contributed by atoms with Gasteiger partial charge in [-0.15, -0.1) is 0 Å². The molecule has 2 N–H and O–H groups in total. The number of ether oxygens (including phenoxy) is 2. The third kappa shape index (κ3) is 2.57. The van der Waals surface area contributed by atoms with Crippen molar-refractivity contribution in [1.29, 1.82) is 0 Å². The number of H-pyrrole nitrogens is 1. The number of carbonyl (C=O) groups is 1. The second-order valence-electron chi connectivity index (χ2n) is 5.52. The molecule has 5 nitrogen and oxygen atoms in total. The van der Waals surface area contributed by atoms with E-state index in [2.05, 4.69) is 11.9 Å². The number of aromatic amines is 1. The van der Waals surface area contributed by atoms with Crippen LogP contribution in [0.2, 0.25) is 0 Å². The van der Waals surface area contributed by atoms with Crippen LogP contribution in [0.5, 0.6) is 5.75 Å². The first-order chi connectivity index (χ1) is 10.6. The molecule has 0 saturated carbocycles. The maximum atomic E-state index is 11.8. The van der Waals surface area contributed by atoms with Gasteiger partial charge in [0.15, 0.2) is 0 Å². The van der Waals surface area contributed by atoms with E-state index in [1.807, 2.05) is 0 Å². The Hall–Kier alpha value is -2.01. The molecule has 0 spiro atoms. The monoisotopic (exact) mass is 303 g/mol. The van der Waals surface area contributed by atoms with Crippen LogP contribution in [-0.4, -0.2) is 29.3 Å². The maximum Gasteiger partial charge on any atom is 0.308 e. The number of rotatable bonds is 4. The summed E-state index contributed by atoms with van der Waals surface area (Å²) in [6.07, 6.45) is 1.51. The van der Waals surface area contributed by atoms with Gasteiger partial charge < -0.3 is 19.6 Å². The van der Waals surface area contributed by atoms with E-state index in [-0.39, 0.29) is 24.2 Å². The van der Waals surface area contributed by atoms with Gasteiger partial charge in [-0.2, -0.15) is 0 Å². The van der Waals surface area contributed by atoms with Gasteiger partial charge in [-0.25, -0.2) is 0 Å². The van der Waals surface area contributed by atoms with Crippen LogP contribution >= 0.6 is 0 Å². The molecule has 5 heteroatoms. The van der Waals surface area contributed by atoms with Crippen LogP contribution in [0.4, 0.5) is 0 Å². The predicted molar refractivity (Wildman–Crippen MR) is 83.0 cm³/mol. The van der Waals surface area contributed by atoms with Gasteiger partial charge >= 0.3 is 5.97 Å². The van der Waals surface area contributed by atoms with Gasteiger partial charge in [0.1, 0.15) is 11.9 Å². The first-order valence-electron chi connectivity index (χ1n) is 7.77. The normalized spacial score (nSPS) is 17.5. The highest BCUT2D eigenvalue weighted by molar-refractivity contribution is 5.89. The van der Waals surface area contributed by atoms with Crippen LogP contribution in [0.15, 0.2) is 12.1 Å². The van der Waals surface area contributed by atoms with Gasteiger partial charge in [-0.05, 0) is 43.0 Å². The zero-order chi connectivity index (χ0) is 15.7. The highest BCUT2D eigenvalue weighted by atomic mass is 16.5. The Morgan fingerprint density at radius 1 is 1.45 bits per heavy atom. The fraction of sp³-hybridized carbons (Fsp3) is 0.471. The summed E-state index contributed by atoms with van der Waals surface area (Å²) in [5.41, 5.74) is 4.18. The molecular weight excluding hydrogens is 282 g/mol. The Labute approximate surface area is 129 Å². The van der Waals surface area contributed by atoms with Crippen molar-refractivity contribution in [2.75, 3.05) is 13.2 Å². The molecule has 1 aromatic carbocycles. The van der Waals surface area contributed by atoms with Crippen LogP contribution < -0.4 is 0 Å². The molecule has 1 aliphatic heterocycles. The molecule has 2 heterocycles. The second kappa shape index (κ2) is 6.01. The molecule has 118 valence electrons. The molecule has 0 saturated heterocycles. The second-order valence-corrected chi connectivity index (χ2v) is 5.52. The first kappa shape index (κ1) is 14.9. The summed E-state index contributed by atoms with van der Waals surface area (Å²) in [7, 11) is 0. The maximum absolute atomic E-state index is 11.8. The molecule has 1 aromatic heterocycles. The van der Waals surface area contributed by atoms with Crippen molar-refractivity contribution in [3.8, 4) is 5.75 Å². The summed E-state index contributed by atoms with van der Waals surface area (Å²) in [5.74, 6) is 0.0251. The number of carbonyl (C=O) groups excluding carboxylic acids is 1. The number of phenols is 1. The van der Waals surface area contributed by atoms with Gasteiger partial charge in [0, 0.05) is 16.6 Å². The Morgan fingerprint density at radius 3 is 3.00 bits per heavy atom. The molecule has 1 aliphatic rings.